The zero-order chi connectivity index (χ0) is 16.5. The van der Waals surface area contributed by atoms with E-state index in [4.69, 9.17) is 0 Å². The molecule has 1 fully saturated rings. The summed E-state index contributed by atoms with van der Waals surface area (Å²) in [7, 11) is -1.60. The molecule has 0 aliphatic carbocycles. The van der Waals surface area contributed by atoms with Crippen molar-refractivity contribution in [1.29, 1.82) is 0 Å². The summed E-state index contributed by atoms with van der Waals surface area (Å²) in [5, 5.41) is 0. The molecule has 0 radical (unpaired) electrons. The maximum atomic E-state index is 12.3. The lowest BCUT2D eigenvalue weighted by atomic mass is 10.1. The first-order valence-electron chi connectivity index (χ1n) is 6.94. The van der Waals surface area contributed by atoms with Crippen LogP contribution in [0.15, 0.2) is 11.1 Å². The maximum Gasteiger partial charge on any atom is 0.256 e. The molecule has 0 aromatic carbocycles. The molecule has 0 atom stereocenters. The molecule has 0 saturated carbocycles. The number of hydrogen-bond donors (Lipinski definition) is 0. The molecule has 1 saturated heterocycles. The molecule has 122 valence electrons. The summed E-state index contributed by atoms with van der Waals surface area (Å²) >= 11 is 0. The van der Waals surface area contributed by atoms with Crippen molar-refractivity contribution in [2.75, 3.05) is 32.4 Å². The minimum Gasteiger partial charge on any atom is -0.340 e. The lowest BCUT2D eigenvalue weighted by molar-refractivity contribution is -0.131. The van der Waals surface area contributed by atoms with Gasteiger partial charge in [0.2, 0.25) is 15.9 Å². The van der Waals surface area contributed by atoms with Gasteiger partial charge in [0.25, 0.3) is 5.56 Å². The average molecular weight is 328 g/mol. The van der Waals surface area contributed by atoms with E-state index < -0.39 is 10.0 Å². The molecule has 0 unspecified atom stereocenters. The van der Waals surface area contributed by atoms with Crippen LogP contribution in [0.3, 0.4) is 0 Å². The third-order valence-corrected chi connectivity index (χ3v) is 5.14. The number of carbonyl (C=O) groups is 1. The normalized spacial score (nSPS) is 16.8. The molecule has 22 heavy (non-hydrogen) atoms. The minimum atomic E-state index is -3.21. The molecule has 0 bridgehead atoms. The third-order valence-electron chi connectivity index (χ3n) is 3.84. The van der Waals surface area contributed by atoms with Crippen molar-refractivity contribution in [1.82, 2.24) is 18.8 Å². The molecule has 8 nitrogen and oxygen atoms in total. The highest BCUT2D eigenvalue weighted by atomic mass is 32.2. The van der Waals surface area contributed by atoms with Crippen LogP contribution in [0.25, 0.3) is 0 Å². The van der Waals surface area contributed by atoms with Gasteiger partial charge >= 0.3 is 0 Å². The van der Waals surface area contributed by atoms with Gasteiger partial charge in [-0.3, -0.25) is 9.59 Å². The Labute approximate surface area is 129 Å². The van der Waals surface area contributed by atoms with E-state index in [0.29, 0.717) is 37.4 Å². The number of sulfonamides is 1. The van der Waals surface area contributed by atoms with Crippen molar-refractivity contribution < 1.29 is 13.2 Å². The van der Waals surface area contributed by atoms with Crippen LogP contribution in [0, 0.1) is 6.92 Å². The first kappa shape index (κ1) is 16.6. The number of aryl methyl sites for hydroxylation is 1. The van der Waals surface area contributed by atoms with E-state index in [2.05, 4.69) is 4.98 Å². The molecule has 1 aromatic rings. The van der Waals surface area contributed by atoms with Gasteiger partial charge in [-0.2, -0.15) is 4.31 Å². The monoisotopic (exact) mass is 328 g/mol. The number of aromatic nitrogens is 2. The molecule has 1 amide bonds. The van der Waals surface area contributed by atoms with Gasteiger partial charge in [0.15, 0.2) is 0 Å². The predicted molar refractivity (Wildman–Crippen MR) is 80.9 cm³/mol. The molecular weight excluding hydrogens is 308 g/mol. The quantitative estimate of drug-likeness (QED) is 0.690. The summed E-state index contributed by atoms with van der Waals surface area (Å²) in [6, 6.07) is 0. The van der Waals surface area contributed by atoms with E-state index in [1.807, 2.05) is 0 Å². The van der Waals surface area contributed by atoms with Crippen molar-refractivity contribution in [3.05, 3.63) is 27.9 Å². The van der Waals surface area contributed by atoms with Crippen LogP contribution in [0.2, 0.25) is 0 Å². The smallest absolute Gasteiger partial charge is 0.256 e. The summed E-state index contributed by atoms with van der Waals surface area (Å²) in [6.45, 7) is 2.96. The standard InChI is InChI=1S/C13H20N4O4S/c1-10-11(14-9-15(2)13(10)19)8-12(18)16-4-6-17(7-5-16)22(3,20)21/h9H,4-8H2,1-3H3. The molecule has 9 heteroatoms. The summed E-state index contributed by atoms with van der Waals surface area (Å²) in [5.74, 6) is -0.142. The van der Waals surface area contributed by atoms with Gasteiger partial charge in [-0.25, -0.2) is 13.4 Å². The van der Waals surface area contributed by atoms with E-state index >= 15 is 0 Å². The summed E-state index contributed by atoms with van der Waals surface area (Å²) in [5.41, 5.74) is 0.770. The van der Waals surface area contributed by atoms with E-state index in [0.717, 1.165) is 6.26 Å². The first-order chi connectivity index (χ1) is 10.2. The molecule has 2 rings (SSSR count). The molecule has 1 aliphatic heterocycles. The summed E-state index contributed by atoms with van der Waals surface area (Å²) in [4.78, 5) is 29.9. The van der Waals surface area contributed by atoms with Gasteiger partial charge in [0, 0.05) is 38.8 Å². The number of carbonyl (C=O) groups excluding carboxylic acids is 1. The lowest BCUT2D eigenvalue weighted by Gasteiger charge is -2.33. The number of nitrogens with zero attached hydrogens (tertiary/aromatic N) is 4. The van der Waals surface area contributed by atoms with Crippen molar-refractivity contribution in [2.24, 2.45) is 7.05 Å². The van der Waals surface area contributed by atoms with Crippen LogP contribution in [0.4, 0.5) is 0 Å². The van der Waals surface area contributed by atoms with Crippen molar-refractivity contribution in [2.45, 2.75) is 13.3 Å². The van der Waals surface area contributed by atoms with Gasteiger partial charge < -0.3 is 9.47 Å². The molecule has 0 spiro atoms. The Hall–Kier alpha value is -1.74. The average Bonchev–Trinajstić information content (AvgIpc) is 2.47. The van der Waals surface area contributed by atoms with Crippen molar-refractivity contribution in [3.8, 4) is 0 Å². The zero-order valence-electron chi connectivity index (χ0n) is 12.9. The largest absolute Gasteiger partial charge is 0.340 e. The Bertz CT molecular complexity index is 733. The topological polar surface area (TPSA) is 92.6 Å². The van der Waals surface area contributed by atoms with Gasteiger partial charge in [0.1, 0.15) is 0 Å². The molecule has 2 heterocycles. The molecule has 0 N–H and O–H groups in total. The van der Waals surface area contributed by atoms with Crippen LogP contribution in [0.1, 0.15) is 11.3 Å². The second-order valence-electron chi connectivity index (χ2n) is 5.45. The minimum absolute atomic E-state index is 0.0563. The van der Waals surface area contributed by atoms with E-state index in [9.17, 15) is 18.0 Å². The number of amides is 1. The maximum absolute atomic E-state index is 12.3. The first-order valence-corrected chi connectivity index (χ1v) is 8.79. The SMILES string of the molecule is Cc1c(CC(=O)N2CCN(S(C)(=O)=O)CC2)ncn(C)c1=O. The summed E-state index contributed by atoms with van der Waals surface area (Å²) in [6.07, 6.45) is 2.62. The second-order valence-corrected chi connectivity index (χ2v) is 7.43. The van der Waals surface area contributed by atoms with Gasteiger partial charge in [-0.05, 0) is 6.92 Å². The number of rotatable bonds is 3. The van der Waals surface area contributed by atoms with Crippen LogP contribution < -0.4 is 5.56 Å². The Morgan fingerprint density at radius 3 is 2.41 bits per heavy atom. The van der Waals surface area contributed by atoms with Crippen molar-refractivity contribution >= 4 is 15.9 Å². The number of hydrogen-bond acceptors (Lipinski definition) is 5. The highest BCUT2D eigenvalue weighted by molar-refractivity contribution is 7.88. The summed E-state index contributed by atoms with van der Waals surface area (Å²) < 4.78 is 25.6. The lowest BCUT2D eigenvalue weighted by Crippen LogP contribution is -2.50. The van der Waals surface area contributed by atoms with E-state index in [1.54, 1.807) is 18.9 Å². The van der Waals surface area contributed by atoms with Crippen molar-refractivity contribution in [3.63, 3.8) is 0 Å². The predicted octanol–water partition coefficient (Wildman–Crippen LogP) is -1.26. The Morgan fingerprint density at radius 2 is 1.86 bits per heavy atom. The Balaban J connectivity index is 2.03. The van der Waals surface area contributed by atoms with Crippen LogP contribution in [-0.2, 0) is 28.3 Å². The second kappa shape index (κ2) is 6.17. The van der Waals surface area contributed by atoms with Gasteiger partial charge in [-0.1, -0.05) is 0 Å². The highest BCUT2D eigenvalue weighted by Gasteiger charge is 2.26. The van der Waals surface area contributed by atoms with E-state index in [1.165, 1.54) is 15.2 Å². The fraction of sp³-hybridized carbons (Fsp3) is 0.615. The Morgan fingerprint density at radius 1 is 1.27 bits per heavy atom. The van der Waals surface area contributed by atoms with Gasteiger partial charge in [0.05, 0.1) is 24.7 Å². The highest BCUT2D eigenvalue weighted by Crippen LogP contribution is 2.09. The van der Waals surface area contributed by atoms with Crippen LogP contribution in [-0.4, -0.2) is 65.5 Å². The van der Waals surface area contributed by atoms with Gasteiger partial charge in [-0.15, -0.1) is 0 Å². The fourth-order valence-electron chi connectivity index (χ4n) is 2.40. The third kappa shape index (κ3) is 3.53. The van der Waals surface area contributed by atoms with E-state index in [-0.39, 0.29) is 17.9 Å². The molecule has 1 aliphatic rings. The molecular formula is C13H20N4O4S. The zero-order valence-corrected chi connectivity index (χ0v) is 13.8. The van der Waals surface area contributed by atoms with Crippen LogP contribution >= 0.6 is 0 Å². The van der Waals surface area contributed by atoms with Crippen LogP contribution in [0.5, 0.6) is 0 Å². The fourth-order valence-corrected chi connectivity index (χ4v) is 3.22. The molecule has 1 aromatic heterocycles. The Kier molecular flexibility index (Phi) is 4.66. The number of piperazine rings is 1.